The Morgan fingerprint density at radius 2 is 1.86 bits per heavy atom. The summed E-state index contributed by atoms with van der Waals surface area (Å²) in [5, 5.41) is 4.41. The van der Waals surface area contributed by atoms with Gasteiger partial charge in [0.2, 0.25) is 5.88 Å². The number of pyridine rings is 2. The summed E-state index contributed by atoms with van der Waals surface area (Å²) in [6.45, 7) is -0.266. The summed E-state index contributed by atoms with van der Waals surface area (Å²) in [4.78, 5) is 42.4. The standard InChI is InChI=1S/C16H14F3N5O4/c1-28-15-11(12(20)25)4-10(7-23-15)24-14(27)13(26)22-6-9-3-2-8(5-21-9)16(17,18)19/h2-5,7H,6H2,1H3,(H2,20,25)(H,22,26)(H,24,27). The fourth-order valence-electron chi connectivity index (χ4n) is 2.00. The number of alkyl halides is 3. The number of nitrogens with zero attached hydrogens (tertiary/aromatic N) is 2. The number of primary amides is 1. The molecule has 28 heavy (non-hydrogen) atoms. The molecule has 0 saturated heterocycles. The van der Waals surface area contributed by atoms with Gasteiger partial charge in [-0.25, -0.2) is 4.98 Å². The van der Waals surface area contributed by atoms with E-state index in [4.69, 9.17) is 10.5 Å². The van der Waals surface area contributed by atoms with E-state index in [2.05, 4.69) is 20.6 Å². The monoisotopic (exact) mass is 397 g/mol. The number of nitrogens with one attached hydrogen (secondary N) is 2. The zero-order valence-electron chi connectivity index (χ0n) is 14.3. The summed E-state index contributed by atoms with van der Waals surface area (Å²) in [6.07, 6.45) is -2.76. The number of anilines is 1. The van der Waals surface area contributed by atoms with Gasteiger partial charge in [0, 0.05) is 6.20 Å². The molecule has 9 nitrogen and oxygen atoms in total. The first-order valence-corrected chi connectivity index (χ1v) is 7.57. The van der Waals surface area contributed by atoms with Crippen molar-refractivity contribution < 1.29 is 32.3 Å². The predicted octanol–water partition coefficient (Wildman–Crippen LogP) is 0.858. The minimum atomic E-state index is -4.52. The highest BCUT2D eigenvalue weighted by molar-refractivity contribution is 6.39. The maximum Gasteiger partial charge on any atom is 0.417 e. The van der Waals surface area contributed by atoms with Gasteiger partial charge >= 0.3 is 18.0 Å². The minimum Gasteiger partial charge on any atom is -0.480 e. The smallest absolute Gasteiger partial charge is 0.417 e. The Morgan fingerprint density at radius 3 is 2.39 bits per heavy atom. The van der Waals surface area contributed by atoms with Crippen molar-refractivity contribution in [1.29, 1.82) is 0 Å². The molecule has 0 radical (unpaired) electrons. The fraction of sp³-hybridized carbons (Fsp3) is 0.188. The van der Waals surface area contributed by atoms with Crippen molar-refractivity contribution in [3.63, 3.8) is 0 Å². The van der Waals surface area contributed by atoms with Gasteiger partial charge < -0.3 is 21.1 Å². The van der Waals surface area contributed by atoms with Crippen molar-refractivity contribution in [3.05, 3.63) is 47.4 Å². The second-order valence-corrected chi connectivity index (χ2v) is 5.32. The normalized spacial score (nSPS) is 10.9. The number of rotatable bonds is 5. The van der Waals surface area contributed by atoms with Gasteiger partial charge in [0.05, 0.1) is 36.8 Å². The highest BCUT2D eigenvalue weighted by Crippen LogP contribution is 2.28. The number of halogens is 3. The van der Waals surface area contributed by atoms with Crippen LogP contribution >= 0.6 is 0 Å². The first-order valence-electron chi connectivity index (χ1n) is 7.57. The van der Waals surface area contributed by atoms with Gasteiger partial charge in [-0.15, -0.1) is 0 Å². The zero-order chi connectivity index (χ0) is 20.9. The van der Waals surface area contributed by atoms with Crippen molar-refractivity contribution in [1.82, 2.24) is 15.3 Å². The highest BCUT2D eigenvalue weighted by Gasteiger charge is 2.30. The van der Waals surface area contributed by atoms with Crippen molar-refractivity contribution in [2.45, 2.75) is 12.7 Å². The van der Waals surface area contributed by atoms with Crippen molar-refractivity contribution in [3.8, 4) is 5.88 Å². The van der Waals surface area contributed by atoms with Crippen LogP contribution in [0.25, 0.3) is 0 Å². The molecule has 0 spiro atoms. The molecule has 0 aliphatic carbocycles. The Bertz CT molecular complexity index is 900. The van der Waals surface area contributed by atoms with Gasteiger partial charge in [-0.3, -0.25) is 19.4 Å². The highest BCUT2D eigenvalue weighted by atomic mass is 19.4. The maximum atomic E-state index is 12.5. The van der Waals surface area contributed by atoms with Crippen LogP contribution in [0.5, 0.6) is 5.88 Å². The SMILES string of the molecule is COc1ncc(NC(=O)C(=O)NCc2ccc(C(F)(F)F)cn2)cc1C(N)=O. The molecule has 4 N–H and O–H groups in total. The Hall–Kier alpha value is -3.70. The van der Waals surface area contributed by atoms with E-state index in [1.165, 1.54) is 13.2 Å². The summed E-state index contributed by atoms with van der Waals surface area (Å²) in [6, 6.07) is 3.06. The van der Waals surface area contributed by atoms with Gasteiger partial charge in [0.15, 0.2) is 0 Å². The third-order valence-corrected chi connectivity index (χ3v) is 3.36. The number of hydrogen-bond donors (Lipinski definition) is 3. The zero-order valence-corrected chi connectivity index (χ0v) is 14.3. The summed E-state index contributed by atoms with van der Waals surface area (Å²) in [5.41, 5.74) is 4.27. The van der Waals surface area contributed by atoms with Crippen molar-refractivity contribution >= 4 is 23.4 Å². The van der Waals surface area contributed by atoms with E-state index in [9.17, 15) is 27.6 Å². The fourth-order valence-corrected chi connectivity index (χ4v) is 2.00. The van der Waals surface area contributed by atoms with E-state index in [0.29, 0.717) is 6.20 Å². The average Bonchev–Trinajstić information content (AvgIpc) is 2.65. The molecule has 12 heteroatoms. The average molecular weight is 397 g/mol. The topological polar surface area (TPSA) is 136 Å². The van der Waals surface area contributed by atoms with E-state index in [1.54, 1.807) is 0 Å². The van der Waals surface area contributed by atoms with E-state index in [-0.39, 0.29) is 29.4 Å². The molecule has 0 bridgehead atoms. The number of ether oxygens (including phenoxy) is 1. The van der Waals surface area contributed by atoms with Gasteiger partial charge in [-0.05, 0) is 18.2 Å². The van der Waals surface area contributed by atoms with Crippen LogP contribution in [0.3, 0.4) is 0 Å². The van der Waals surface area contributed by atoms with Crippen molar-refractivity contribution in [2.75, 3.05) is 12.4 Å². The van der Waals surface area contributed by atoms with Crippen LogP contribution in [0.4, 0.5) is 18.9 Å². The van der Waals surface area contributed by atoms with E-state index in [1.807, 2.05) is 0 Å². The lowest BCUT2D eigenvalue weighted by Crippen LogP contribution is -2.35. The first-order chi connectivity index (χ1) is 13.1. The molecule has 0 unspecified atom stereocenters. The lowest BCUT2D eigenvalue weighted by atomic mass is 10.2. The molecule has 3 amide bonds. The molecular formula is C16H14F3N5O4. The first kappa shape index (κ1) is 20.6. The third-order valence-electron chi connectivity index (χ3n) is 3.36. The number of amides is 3. The molecule has 0 saturated carbocycles. The second kappa shape index (κ2) is 8.33. The molecule has 0 atom stereocenters. The van der Waals surface area contributed by atoms with Crippen LogP contribution in [-0.2, 0) is 22.3 Å². The quantitative estimate of drug-likeness (QED) is 0.640. The van der Waals surface area contributed by atoms with E-state index < -0.39 is 29.5 Å². The van der Waals surface area contributed by atoms with Crippen LogP contribution < -0.4 is 21.1 Å². The molecule has 0 aromatic carbocycles. The van der Waals surface area contributed by atoms with Crippen LogP contribution in [0.1, 0.15) is 21.6 Å². The Labute approximate surface area is 156 Å². The van der Waals surface area contributed by atoms with E-state index in [0.717, 1.165) is 18.3 Å². The van der Waals surface area contributed by atoms with Crippen LogP contribution in [0.2, 0.25) is 0 Å². The lowest BCUT2D eigenvalue weighted by Gasteiger charge is -2.09. The number of carbonyl (C=O) groups is 3. The summed E-state index contributed by atoms with van der Waals surface area (Å²) in [5.74, 6) is -3.06. The molecule has 0 aliphatic rings. The largest absolute Gasteiger partial charge is 0.480 e. The number of methoxy groups -OCH3 is 1. The van der Waals surface area contributed by atoms with E-state index >= 15 is 0 Å². The van der Waals surface area contributed by atoms with Gasteiger partial charge in [0.25, 0.3) is 5.91 Å². The second-order valence-electron chi connectivity index (χ2n) is 5.32. The van der Waals surface area contributed by atoms with Gasteiger partial charge in [0.1, 0.15) is 5.56 Å². The predicted molar refractivity (Wildman–Crippen MR) is 89.0 cm³/mol. The van der Waals surface area contributed by atoms with Crippen molar-refractivity contribution in [2.24, 2.45) is 5.73 Å². The Kier molecular flexibility index (Phi) is 6.13. The minimum absolute atomic E-state index is 0.0161. The van der Waals surface area contributed by atoms with Gasteiger partial charge in [-0.1, -0.05) is 0 Å². The molecule has 0 fully saturated rings. The maximum absolute atomic E-state index is 12.5. The van der Waals surface area contributed by atoms with Crippen LogP contribution in [0.15, 0.2) is 30.6 Å². The van der Waals surface area contributed by atoms with Crippen LogP contribution in [0, 0.1) is 0 Å². The molecule has 2 aromatic rings. The Balaban J connectivity index is 1.97. The number of aromatic nitrogens is 2. The third kappa shape index (κ3) is 5.16. The molecule has 0 aliphatic heterocycles. The molecule has 2 heterocycles. The summed E-state index contributed by atoms with van der Waals surface area (Å²) < 4.78 is 42.3. The summed E-state index contributed by atoms with van der Waals surface area (Å²) in [7, 11) is 1.27. The lowest BCUT2D eigenvalue weighted by molar-refractivity contribution is -0.137. The molecule has 2 aromatic heterocycles. The van der Waals surface area contributed by atoms with Gasteiger partial charge in [-0.2, -0.15) is 13.2 Å². The molecular weight excluding hydrogens is 383 g/mol. The number of nitrogens with two attached hydrogens (primary N) is 1. The molecule has 2 rings (SSSR count). The number of carbonyl (C=O) groups excluding carboxylic acids is 3. The Morgan fingerprint density at radius 1 is 1.14 bits per heavy atom. The summed E-state index contributed by atoms with van der Waals surface area (Å²) >= 11 is 0. The molecule has 148 valence electrons. The number of hydrogen-bond acceptors (Lipinski definition) is 6. The van der Waals surface area contributed by atoms with Crippen LogP contribution in [-0.4, -0.2) is 34.8 Å².